The Morgan fingerprint density at radius 2 is 0.565 bits per heavy atom. The zero-order valence-corrected chi connectivity index (χ0v) is 34.8. The van der Waals surface area contributed by atoms with Crippen LogP contribution < -0.4 is 0 Å². The van der Waals surface area contributed by atoms with Crippen LogP contribution in [0.15, 0.2) is 158 Å². The Morgan fingerprint density at radius 1 is 0.258 bits per heavy atom. The second kappa shape index (κ2) is 11.1. The molecule has 0 bridgehead atoms. The molecule has 0 saturated heterocycles. The van der Waals surface area contributed by atoms with Gasteiger partial charge >= 0.3 is 0 Å². The van der Waals surface area contributed by atoms with Gasteiger partial charge in [-0.05, 0) is 86.3 Å². The maximum atomic E-state index is 2.59. The Kier molecular flexibility index (Phi) is 5.90. The molecule has 0 saturated carbocycles. The summed E-state index contributed by atoms with van der Waals surface area (Å²) in [4.78, 5) is 0. The summed E-state index contributed by atoms with van der Waals surface area (Å²) >= 11 is 0. The minimum Gasteiger partial charge on any atom is -0.309 e. The van der Waals surface area contributed by atoms with Gasteiger partial charge in [0.2, 0.25) is 0 Å². The molecule has 9 aromatic carbocycles. The molecule has 0 aliphatic rings. The van der Waals surface area contributed by atoms with Crippen LogP contribution in [-0.4, -0.2) is 17.9 Å². The van der Waals surface area contributed by atoms with Crippen LogP contribution >= 0.6 is 0 Å². The first-order valence-corrected chi connectivity index (χ1v) is 21.8. The second-order valence-electron chi connectivity index (χ2n) is 17.9. The SMILES string of the molecule is Cc1cccc2c3cccc(C)c3n(-c3ccc4c5c6c7ccccc7n7c8cc(-n9c%10c(C)cccc%10c%10cccc(C)c%109)ccc8c(c8c9ccccc9n(c4c3)c85)c67)c12. The minimum atomic E-state index is 1.19. The molecule has 0 unspecified atom stereocenters. The maximum Gasteiger partial charge on any atom is 0.0634 e. The van der Waals surface area contributed by atoms with E-state index in [0.717, 1.165) is 0 Å². The Hall–Kier alpha value is -7.82. The van der Waals surface area contributed by atoms with E-state index in [1.165, 1.54) is 153 Å². The molecule has 0 spiro atoms. The average molecular weight is 791 g/mol. The van der Waals surface area contributed by atoms with Gasteiger partial charge in [0.05, 0.1) is 55.2 Å². The monoisotopic (exact) mass is 790 g/mol. The van der Waals surface area contributed by atoms with Crippen LogP contribution in [-0.2, 0) is 0 Å². The number of aromatic nitrogens is 4. The van der Waals surface area contributed by atoms with Crippen LogP contribution in [0, 0.1) is 27.7 Å². The van der Waals surface area contributed by atoms with E-state index in [-0.39, 0.29) is 0 Å². The van der Waals surface area contributed by atoms with Gasteiger partial charge in [0, 0.05) is 76.0 Å². The summed E-state index contributed by atoms with van der Waals surface area (Å²) in [5.41, 5.74) is 20.2. The highest BCUT2D eigenvalue weighted by Gasteiger charge is 2.29. The molecule has 6 aromatic heterocycles. The smallest absolute Gasteiger partial charge is 0.0634 e. The van der Waals surface area contributed by atoms with E-state index >= 15 is 0 Å². The standard InChI is InChI=1S/C58H38N4/c1-31-13-9-19-37-38-20-10-14-32(2)54(38)59(53(31)37)35-25-27-43-47(29-35)61-45-23-7-5-17-41(45)50-52-44-28-26-36(60-55-33(3)15-11-21-39(55)40-22-12-16-34(4)56(40)60)30-48(44)62-46-24-8-6-18-42(46)49(58(52)62)51(43)57(50)61/h5-30H,1-4H3. The molecular weight excluding hydrogens is 753 g/mol. The van der Waals surface area contributed by atoms with Crippen molar-refractivity contribution in [2.75, 3.05) is 0 Å². The van der Waals surface area contributed by atoms with Crippen molar-refractivity contribution in [3.8, 4) is 11.4 Å². The van der Waals surface area contributed by atoms with Crippen molar-refractivity contribution in [2.24, 2.45) is 0 Å². The highest BCUT2D eigenvalue weighted by atomic mass is 15.0. The van der Waals surface area contributed by atoms with Gasteiger partial charge in [-0.3, -0.25) is 0 Å². The highest BCUT2D eigenvalue weighted by Crippen LogP contribution is 2.52. The first-order valence-electron chi connectivity index (χ1n) is 21.8. The molecule has 4 nitrogen and oxygen atoms in total. The normalized spacial score (nSPS) is 12.8. The second-order valence-corrected chi connectivity index (χ2v) is 17.9. The molecule has 6 heterocycles. The van der Waals surface area contributed by atoms with Gasteiger partial charge in [-0.1, -0.05) is 121 Å². The molecule has 0 fully saturated rings. The Morgan fingerprint density at radius 3 is 0.919 bits per heavy atom. The minimum absolute atomic E-state index is 1.19. The van der Waals surface area contributed by atoms with E-state index in [4.69, 9.17) is 0 Å². The third-order valence-electron chi connectivity index (χ3n) is 14.6. The van der Waals surface area contributed by atoms with Crippen molar-refractivity contribution >= 4 is 120 Å². The molecule has 0 radical (unpaired) electrons. The summed E-state index contributed by atoms with van der Waals surface area (Å²) in [5, 5.41) is 15.7. The predicted molar refractivity (Wildman–Crippen MR) is 263 cm³/mol. The van der Waals surface area contributed by atoms with Crippen LogP contribution in [0.1, 0.15) is 22.3 Å². The Balaban J connectivity index is 1.12. The molecule has 0 aliphatic heterocycles. The lowest BCUT2D eigenvalue weighted by Crippen LogP contribution is -1.97. The average Bonchev–Trinajstić information content (AvgIpc) is 4.12. The van der Waals surface area contributed by atoms with Gasteiger partial charge in [0.15, 0.2) is 0 Å². The number of aryl methyl sites for hydroxylation is 4. The lowest BCUT2D eigenvalue weighted by molar-refractivity contribution is 1.16. The molecule has 0 amide bonds. The quantitative estimate of drug-likeness (QED) is 0.166. The van der Waals surface area contributed by atoms with Crippen LogP contribution in [0.2, 0.25) is 0 Å². The van der Waals surface area contributed by atoms with Crippen molar-refractivity contribution < 1.29 is 0 Å². The molecule has 15 rings (SSSR count). The fourth-order valence-corrected chi connectivity index (χ4v) is 12.3. The molecule has 4 heteroatoms. The fraction of sp³-hybridized carbons (Fsp3) is 0.0690. The van der Waals surface area contributed by atoms with Crippen molar-refractivity contribution in [3.05, 3.63) is 180 Å². The fourth-order valence-electron chi connectivity index (χ4n) is 12.3. The van der Waals surface area contributed by atoms with E-state index in [1.807, 2.05) is 0 Å². The summed E-state index contributed by atoms with van der Waals surface area (Å²) in [6.07, 6.45) is 0. The van der Waals surface area contributed by atoms with E-state index in [9.17, 15) is 0 Å². The van der Waals surface area contributed by atoms with Crippen molar-refractivity contribution in [1.29, 1.82) is 0 Å². The van der Waals surface area contributed by atoms with Gasteiger partial charge in [-0.2, -0.15) is 0 Å². The molecule has 0 aliphatic carbocycles. The summed E-state index contributed by atoms with van der Waals surface area (Å²) < 4.78 is 10.2. The summed E-state index contributed by atoms with van der Waals surface area (Å²) in [6, 6.07) is 59.6. The third kappa shape index (κ3) is 3.70. The third-order valence-corrected chi connectivity index (χ3v) is 14.6. The molecule has 15 aromatic rings. The first kappa shape index (κ1) is 33.0. The lowest BCUT2D eigenvalue weighted by atomic mass is 9.97. The number of benzene rings is 9. The molecule has 0 atom stereocenters. The number of hydrogen-bond donors (Lipinski definition) is 0. The molecular formula is C58H38N4. The zero-order valence-electron chi connectivity index (χ0n) is 34.8. The van der Waals surface area contributed by atoms with E-state index in [1.54, 1.807) is 0 Å². The summed E-state index contributed by atoms with van der Waals surface area (Å²) in [7, 11) is 0. The Labute approximate surface area is 355 Å². The van der Waals surface area contributed by atoms with E-state index in [0.29, 0.717) is 0 Å². The van der Waals surface area contributed by atoms with Crippen LogP contribution in [0.25, 0.3) is 131 Å². The predicted octanol–water partition coefficient (Wildman–Crippen LogP) is 15.4. The summed E-state index contributed by atoms with van der Waals surface area (Å²) in [5.74, 6) is 0. The largest absolute Gasteiger partial charge is 0.309 e. The summed E-state index contributed by atoms with van der Waals surface area (Å²) in [6.45, 7) is 8.99. The zero-order chi connectivity index (χ0) is 40.9. The maximum absolute atomic E-state index is 2.59. The molecule has 0 N–H and O–H groups in total. The van der Waals surface area contributed by atoms with Gasteiger partial charge in [0.1, 0.15) is 0 Å². The van der Waals surface area contributed by atoms with Gasteiger partial charge in [-0.15, -0.1) is 0 Å². The van der Waals surface area contributed by atoms with Crippen LogP contribution in [0.3, 0.4) is 0 Å². The van der Waals surface area contributed by atoms with Gasteiger partial charge in [0.25, 0.3) is 0 Å². The highest BCUT2D eigenvalue weighted by molar-refractivity contribution is 6.45. The first-order chi connectivity index (χ1) is 30.5. The van der Waals surface area contributed by atoms with Gasteiger partial charge < -0.3 is 17.9 Å². The Bertz CT molecular complexity index is 4080. The van der Waals surface area contributed by atoms with Crippen molar-refractivity contribution in [1.82, 2.24) is 17.9 Å². The van der Waals surface area contributed by atoms with Crippen LogP contribution in [0.5, 0.6) is 0 Å². The lowest BCUT2D eigenvalue weighted by Gasteiger charge is -2.12. The number of para-hydroxylation sites is 6. The number of hydrogen-bond acceptors (Lipinski definition) is 0. The van der Waals surface area contributed by atoms with Crippen LogP contribution in [0.4, 0.5) is 0 Å². The number of nitrogens with zero attached hydrogens (tertiary/aromatic N) is 4. The van der Waals surface area contributed by atoms with Crippen molar-refractivity contribution in [3.63, 3.8) is 0 Å². The number of fused-ring (bicyclic) bond motifs is 20. The van der Waals surface area contributed by atoms with Gasteiger partial charge in [-0.25, -0.2) is 0 Å². The van der Waals surface area contributed by atoms with Crippen molar-refractivity contribution in [2.45, 2.75) is 27.7 Å². The number of rotatable bonds is 2. The van der Waals surface area contributed by atoms with E-state index < -0.39 is 0 Å². The molecule has 290 valence electrons. The molecule has 62 heavy (non-hydrogen) atoms. The topological polar surface area (TPSA) is 18.7 Å². The van der Waals surface area contributed by atoms with E-state index in [2.05, 4.69) is 203 Å².